The predicted octanol–water partition coefficient (Wildman–Crippen LogP) is 2.53. The van der Waals surface area contributed by atoms with Crippen LogP contribution in [0.15, 0.2) is 36.4 Å². The van der Waals surface area contributed by atoms with Crippen LogP contribution < -0.4 is 5.32 Å². The average Bonchev–Trinajstić information content (AvgIpc) is 3.39. The molecule has 0 bridgehead atoms. The van der Waals surface area contributed by atoms with Crippen LogP contribution in [0.5, 0.6) is 0 Å². The van der Waals surface area contributed by atoms with Gasteiger partial charge < -0.3 is 10.4 Å². The second-order valence-electron chi connectivity index (χ2n) is 7.52. The number of hydrogen-bond donors (Lipinski definition) is 2. The Morgan fingerprint density at radius 3 is 2.73 bits per heavy atom. The second kappa shape index (κ2) is 7.21. The Morgan fingerprint density at radius 1 is 1.27 bits per heavy atom. The summed E-state index contributed by atoms with van der Waals surface area (Å²) < 4.78 is 1.83. The van der Waals surface area contributed by atoms with Gasteiger partial charge in [-0.3, -0.25) is 9.69 Å². The summed E-state index contributed by atoms with van der Waals surface area (Å²) in [5, 5.41) is 17.5. The fourth-order valence-electron chi connectivity index (χ4n) is 3.63. The largest absolute Gasteiger partial charge is 0.393 e. The topological polar surface area (TPSA) is 70.4 Å². The van der Waals surface area contributed by atoms with E-state index in [1.165, 1.54) is 12.8 Å². The number of aliphatic hydroxyl groups excluding tert-OH is 1. The van der Waals surface area contributed by atoms with Gasteiger partial charge in [-0.2, -0.15) is 5.10 Å². The maximum Gasteiger partial charge on any atom is 0.239 e. The van der Waals surface area contributed by atoms with Crippen LogP contribution in [0.3, 0.4) is 0 Å². The molecule has 6 heteroatoms. The lowest BCUT2D eigenvalue weighted by Crippen LogP contribution is -2.46. The van der Waals surface area contributed by atoms with Crippen LogP contribution in [0.2, 0.25) is 0 Å². The van der Waals surface area contributed by atoms with Gasteiger partial charge in [-0.05, 0) is 44.7 Å². The molecule has 1 saturated carbocycles. The summed E-state index contributed by atoms with van der Waals surface area (Å²) in [7, 11) is 0. The van der Waals surface area contributed by atoms with Crippen molar-refractivity contribution in [2.75, 3.05) is 18.4 Å². The highest BCUT2D eigenvalue weighted by atomic mass is 16.3. The van der Waals surface area contributed by atoms with Crippen molar-refractivity contribution in [2.24, 2.45) is 0 Å². The van der Waals surface area contributed by atoms with E-state index in [1.807, 2.05) is 41.1 Å². The van der Waals surface area contributed by atoms with Gasteiger partial charge in [0.25, 0.3) is 0 Å². The van der Waals surface area contributed by atoms with E-state index in [0.717, 1.165) is 36.6 Å². The van der Waals surface area contributed by atoms with Gasteiger partial charge in [-0.1, -0.05) is 18.2 Å². The summed E-state index contributed by atoms with van der Waals surface area (Å²) in [4.78, 5) is 14.8. The molecule has 2 heterocycles. The third-order valence-corrected chi connectivity index (χ3v) is 5.32. The minimum absolute atomic E-state index is 0.0346. The molecule has 1 amide bonds. The molecule has 0 spiro atoms. The zero-order chi connectivity index (χ0) is 18.1. The number of amides is 1. The fraction of sp³-hybridized carbons (Fsp3) is 0.500. The highest BCUT2D eigenvalue weighted by Gasteiger charge is 2.29. The summed E-state index contributed by atoms with van der Waals surface area (Å²) in [6.45, 7) is 3.16. The molecule has 2 N–H and O–H groups in total. The number of carbonyl (C=O) groups is 1. The summed E-state index contributed by atoms with van der Waals surface area (Å²) in [6.07, 6.45) is 3.55. The van der Waals surface area contributed by atoms with Crippen molar-refractivity contribution < 1.29 is 9.90 Å². The summed E-state index contributed by atoms with van der Waals surface area (Å²) in [6, 6.07) is 12.1. The first-order valence-electron chi connectivity index (χ1n) is 9.47. The van der Waals surface area contributed by atoms with Crippen molar-refractivity contribution in [1.29, 1.82) is 0 Å². The highest BCUT2D eigenvalue weighted by molar-refractivity contribution is 5.91. The van der Waals surface area contributed by atoms with E-state index in [1.54, 1.807) is 0 Å². The minimum Gasteiger partial charge on any atom is -0.393 e. The summed E-state index contributed by atoms with van der Waals surface area (Å²) in [5.74, 6) is 1.22. The molecule has 0 unspecified atom stereocenters. The predicted molar refractivity (Wildman–Crippen MR) is 100 cm³/mol. The van der Waals surface area contributed by atoms with Gasteiger partial charge in [-0.15, -0.1) is 0 Å². The second-order valence-corrected chi connectivity index (χ2v) is 7.52. The molecule has 2 atom stereocenters. The van der Waals surface area contributed by atoms with Crippen LogP contribution in [0, 0.1) is 0 Å². The molecule has 4 rings (SSSR count). The monoisotopic (exact) mass is 354 g/mol. The first-order chi connectivity index (χ1) is 12.6. The van der Waals surface area contributed by atoms with Crippen LogP contribution in [0.1, 0.15) is 44.2 Å². The number of anilines is 1. The van der Waals surface area contributed by atoms with Gasteiger partial charge in [0.05, 0.1) is 24.0 Å². The van der Waals surface area contributed by atoms with E-state index < -0.39 is 0 Å². The first kappa shape index (κ1) is 17.2. The zero-order valence-electron chi connectivity index (χ0n) is 15.1. The van der Waals surface area contributed by atoms with Crippen LogP contribution >= 0.6 is 0 Å². The first-order valence-corrected chi connectivity index (χ1v) is 9.47. The lowest BCUT2D eigenvalue weighted by Gasteiger charge is -2.35. The molecule has 1 aromatic carbocycles. The number of carbonyl (C=O) groups excluding carboxylic acids is 1. The molecule has 1 aromatic heterocycles. The van der Waals surface area contributed by atoms with E-state index in [9.17, 15) is 9.90 Å². The number of para-hydroxylation sites is 1. The quantitative estimate of drug-likeness (QED) is 0.866. The van der Waals surface area contributed by atoms with E-state index >= 15 is 0 Å². The number of hydrogen-bond acceptors (Lipinski definition) is 4. The van der Waals surface area contributed by atoms with Crippen molar-refractivity contribution in [2.45, 2.75) is 50.7 Å². The van der Waals surface area contributed by atoms with E-state index in [4.69, 9.17) is 5.10 Å². The van der Waals surface area contributed by atoms with Crippen LogP contribution in [-0.4, -0.2) is 50.9 Å². The number of likely N-dealkylation sites (tertiary alicyclic amines) is 1. The van der Waals surface area contributed by atoms with Crippen LogP contribution in [-0.2, 0) is 4.79 Å². The lowest BCUT2D eigenvalue weighted by atomic mass is 10.0. The molecule has 1 aliphatic carbocycles. The molecule has 2 fully saturated rings. The minimum atomic E-state index is -0.245. The van der Waals surface area contributed by atoms with Crippen LogP contribution in [0.4, 0.5) is 5.82 Å². The Kier molecular flexibility index (Phi) is 4.78. The molecule has 26 heavy (non-hydrogen) atoms. The number of aromatic nitrogens is 2. The van der Waals surface area contributed by atoms with Gasteiger partial charge in [-0.25, -0.2) is 4.68 Å². The van der Waals surface area contributed by atoms with Crippen molar-refractivity contribution in [3.63, 3.8) is 0 Å². The lowest BCUT2D eigenvalue weighted by molar-refractivity contribution is -0.118. The van der Waals surface area contributed by atoms with Crippen molar-refractivity contribution in [3.8, 4) is 5.69 Å². The third-order valence-electron chi connectivity index (χ3n) is 5.32. The summed E-state index contributed by atoms with van der Waals surface area (Å²) in [5.41, 5.74) is 2.00. The molecule has 6 nitrogen and oxygen atoms in total. The Labute approximate surface area is 153 Å². The van der Waals surface area contributed by atoms with E-state index in [-0.39, 0.29) is 18.1 Å². The SMILES string of the molecule is C[C@@H]1C[C@@H](O)CCN1CC(=O)Nc1cc(C2CC2)nn1-c1ccccc1. The van der Waals surface area contributed by atoms with Gasteiger partial charge in [0, 0.05) is 24.6 Å². The Bertz CT molecular complexity index is 769. The third kappa shape index (κ3) is 3.81. The molecule has 138 valence electrons. The number of nitrogens with zero attached hydrogens (tertiary/aromatic N) is 3. The maximum absolute atomic E-state index is 12.6. The van der Waals surface area contributed by atoms with Gasteiger partial charge in [0.2, 0.25) is 5.91 Å². The van der Waals surface area contributed by atoms with Gasteiger partial charge in [0.15, 0.2) is 0 Å². The van der Waals surface area contributed by atoms with Gasteiger partial charge >= 0.3 is 0 Å². The zero-order valence-corrected chi connectivity index (χ0v) is 15.1. The van der Waals surface area contributed by atoms with Crippen molar-refractivity contribution in [1.82, 2.24) is 14.7 Å². The maximum atomic E-state index is 12.6. The molecule has 2 aliphatic rings. The summed E-state index contributed by atoms with van der Waals surface area (Å²) >= 11 is 0. The Balaban J connectivity index is 1.49. The fourth-order valence-corrected chi connectivity index (χ4v) is 3.63. The molecule has 1 saturated heterocycles. The smallest absolute Gasteiger partial charge is 0.239 e. The van der Waals surface area contributed by atoms with Gasteiger partial charge in [0.1, 0.15) is 5.82 Å². The number of aliphatic hydroxyl groups is 1. The van der Waals surface area contributed by atoms with E-state index in [2.05, 4.69) is 17.1 Å². The number of piperidine rings is 1. The average molecular weight is 354 g/mol. The normalized spacial score (nSPS) is 23.8. The molecule has 1 aliphatic heterocycles. The standard InChI is InChI=1S/C20H26N4O2/c1-14-11-17(25)9-10-23(14)13-20(26)21-19-12-18(15-7-8-15)22-24(19)16-5-3-2-4-6-16/h2-6,12,14-15,17,25H,7-11,13H2,1H3,(H,21,26)/t14-,17+/m1/s1. The van der Waals surface area contributed by atoms with Crippen LogP contribution in [0.25, 0.3) is 5.69 Å². The Hall–Kier alpha value is -2.18. The van der Waals surface area contributed by atoms with E-state index in [0.29, 0.717) is 12.5 Å². The van der Waals surface area contributed by atoms with Crippen molar-refractivity contribution >= 4 is 11.7 Å². The molecular weight excluding hydrogens is 328 g/mol. The van der Waals surface area contributed by atoms with Crippen molar-refractivity contribution in [3.05, 3.63) is 42.1 Å². The molecular formula is C20H26N4O2. The number of benzene rings is 1. The Morgan fingerprint density at radius 2 is 2.04 bits per heavy atom. The number of rotatable bonds is 5. The number of nitrogens with one attached hydrogen (secondary N) is 1. The highest BCUT2D eigenvalue weighted by Crippen LogP contribution is 2.40. The molecule has 0 radical (unpaired) electrons. The molecule has 2 aromatic rings.